The zero-order chi connectivity index (χ0) is 54.1. The molecule has 8 aromatic carbocycles. The molecule has 1 heteroatoms. The highest BCUT2D eigenvalue weighted by Crippen LogP contribution is 2.46. The Balaban J connectivity index is 1.57. The van der Waals surface area contributed by atoms with E-state index in [9.17, 15) is 12.3 Å². The molecule has 1 nitrogen and oxygen atoms in total. The van der Waals surface area contributed by atoms with Gasteiger partial charge in [0, 0.05) is 10.8 Å². The van der Waals surface area contributed by atoms with Gasteiger partial charge in [0.25, 0.3) is 0 Å². The first-order valence-corrected chi connectivity index (χ1v) is 13.7. The Labute approximate surface area is 305 Å². The molecule has 0 aliphatic carbocycles. The molecule has 0 spiro atoms. The van der Waals surface area contributed by atoms with Crippen molar-refractivity contribution >= 4 is 43.5 Å². The van der Waals surface area contributed by atoms with E-state index in [1.54, 1.807) is 0 Å². The van der Waals surface area contributed by atoms with E-state index in [1.807, 2.05) is 0 Å². The summed E-state index contributed by atoms with van der Waals surface area (Å²) in [6, 6.07) is -24.4. The largest absolute Gasteiger partial charge is 0.456 e. The second kappa shape index (κ2) is 10.6. The van der Waals surface area contributed by atoms with Gasteiger partial charge in [0.05, 0.1) is 37.0 Å². The van der Waals surface area contributed by atoms with Crippen LogP contribution in [0.5, 0.6) is 0 Å². The lowest BCUT2D eigenvalue weighted by Crippen LogP contribution is -1.92. The third-order valence-corrected chi connectivity index (χ3v) is 7.32. The average Bonchev–Trinajstić information content (AvgIpc) is 3.78. The van der Waals surface area contributed by atoms with Crippen molar-refractivity contribution in [2.45, 2.75) is 6.92 Å². The number of hydrogen-bond donors (Lipinski definition) is 0. The molecule has 1 heterocycles. The summed E-state index contributed by atoms with van der Waals surface area (Å²) in [5.74, 6) is 0. The van der Waals surface area contributed by atoms with E-state index >= 15 is 0 Å². The van der Waals surface area contributed by atoms with Gasteiger partial charge >= 0.3 is 0 Å². The van der Waals surface area contributed by atoms with Crippen LogP contribution in [-0.4, -0.2) is 0 Å². The highest BCUT2D eigenvalue weighted by Gasteiger charge is 2.19. The number of furan rings is 1. The summed E-state index contributed by atoms with van der Waals surface area (Å²) in [6.45, 7) is 1.31. The van der Waals surface area contributed by atoms with E-state index in [1.165, 1.54) is 6.92 Å². The molecule has 0 aliphatic rings. The summed E-state index contributed by atoms with van der Waals surface area (Å²) < 4.78 is 248. The van der Waals surface area contributed by atoms with E-state index < -0.39 is 251 Å². The normalized spacial score (nSPS) is 19.8. The Kier molecular flexibility index (Phi) is 2.50. The molecule has 0 bridgehead atoms. The van der Waals surface area contributed by atoms with Crippen LogP contribution in [0.25, 0.3) is 88.0 Å². The fraction of sp³-hybridized carbons (Fsp3) is 0.0222. The van der Waals surface area contributed by atoms with Crippen molar-refractivity contribution in [3.63, 3.8) is 0 Å². The third kappa shape index (κ3) is 4.24. The highest BCUT2D eigenvalue weighted by atomic mass is 16.3. The van der Waals surface area contributed by atoms with Gasteiger partial charge in [-0.3, -0.25) is 0 Å². The average molecular weight is 614 g/mol. The Bertz CT molecular complexity index is 3980. The van der Waals surface area contributed by atoms with Crippen molar-refractivity contribution in [2.75, 3.05) is 0 Å². The van der Waals surface area contributed by atoms with E-state index in [-0.39, 0.29) is 5.56 Å². The van der Waals surface area contributed by atoms with Gasteiger partial charge in [-0.2, -0.15) is 0 Å². The third-order valence-electron chi connectivity index (χ3n) is 7.32. The van der Waals surface area contributed by atoms with Crippen molar-refractivity contribution in [3.05, 3.63) is 169 Å². The van der Waals surface area contributed by atoms with Gasteiger partial charge in [-0.15, -0.1) is 0 Å². The van der Waals surface area contributed by atoms with E-state index in [0.717, 1.165) is 0 Å². The maximum atomic E-state index is 9.73. The van der Waals surface area contributed by atoms with Crippen LogP contribution in [-0.2, 0) is 0 Å². The summed E-state index contributed by atoms with van der Waals surface area (Å²) in [7, 11) is 0. The lowest BCUT2D eigenvalue weighted by Gasteiger charge is -2.19. The zero-order valence-electron chi connectivity index (χ0n) is 50.4. The van der Waals surface area contributed by atoms with E-state index in [4.69, 9.17) is 29.1 Å². The van der Waals surface area contributed by atoms with E-state index in [0.29, 0.717) is 0 Å². The van der Waals surface area contributed by atoms with Crippen LogP contribution in [0.3, 0.4) is 0 Å². The molecular formula is C45H30O. The van der Waals surface area contributed by atoms with Gasteiger partial charge in [-0.1, -0.05) is 145 Å². The molecule has 0 amide bonds. The lowest BCUT2D eigenvalue weighted by molar-refractivity contribution is 0.669. The van der Waals surface area contributed by atoms with E-state index in [2.05, 4.69) is 0 Å². The molecule has 46 heavy (non-hydrogen) atoms. The van der Waals surface area contributed by atoms with Crippen LogP contribution >= 0.6 is 0 Å². The zero-order valence-corrected chi connectivity index (χ0v) is 23.4. The fourth-order valence-electron chi connectivity index (χ4n) is 5.39. The molecule has 0 saturated carbocycles. The van der Waals surface area contributed by atoms with Crippen molar-refractivity contribution < 1.29 is 41.4 Å². The molecule has 0 atom stereocenters. The van der Waals surface area contributed by atoms with Gasteiger partial charge in [-0.05, 0) is 97.1 Å². The number of fused-ring (bicyclic) bond motifs is 5. The van der Waals surface area contributed by atoms with Crippen molar-refractivity contribution in [3.8, 4) is 44.5 Å². The molecule has 9 aromatic rings. The van der Waals surface area contributed by atoms with Crippen molar-refractivity contribution in [1.29, 1.82) is 0 Å². The molecule has 0 N–H and O–H groups in total. The van der Waals surface area contributed by atoms with Gasteiger partial charge in [0.15, 0.2) is 0 Å². The second-order valence-corrected chi connectivity index (χ2v) is 10.0. The predicted octanol–water partition coefficient (Wildman–Crippen LogP) is 12.9. The van der Waals surface area contributed by atoms with Gasteiger partial charge in [0.1, 0.15) is 11.2 Å². The first kappa shape index (κ1) is 10.9. The highest BCUT2D eigenvalue weighted by molar-refractivity contribution is 6.23. The molecular weight excluding hydrogens is 556 g/mol. The Morgan fingerprint density at radius 3 is 1.54 bits per heavy atom. The predicted molar refractivity (Wildman–Crippen MR) is 195 cm³/mol. The summed E-state index contributed by atoms with van der Waals surface area (Å²) in [5, 5.41) is -3.99. The Morgan fingerprint density at radius 2 is 0.870 bits per heavy atom. The quantitative estimate of drug-likeness (QED) is 0.180. The summed E-state index contributed by atoms with van der Waals surface area (Å²) in [5.41, 5.74) is -7.17. The van der Waals surface area contributed by atoms with Crippen LogP contribution in [0.2, 0.25) is 0 Å². The molecule has 0 aliphatic heterocycles. The summed E-state index contributed by atoms with van der Waals surface area (Å²) in [6.07, 6.45) is 0. The first-order valence-electron chi connectivity index (χ1n) is 27.2. The van der Waals surface area contributed by atoms with Crippen LogP contribution < -0.4 is 0 Å². The summed E-state index contributed by atoms with van der Waals surface area (Å²) >= 11 is 0. The monoisotopic (exact) mass is 613 g/mol. The van der Waals surface area contributed by atoms with Gasteiger partial charge < -0.3 is 4.42 Å². The number of hydrogen-bond acceptors (Lipinski definition) is 1. The van der Waals surface area contributed by atoms with Gasteiger partial charge in [-0.25, -0.2) is 0 Å². The number of rotatable bonds is 4. The van der Waals surface area contributed by atoms with Crippen molar-refractivity contribution in [2.24, 2.45) is 0 Å². The molecule has 1 aromatic heterocycles. The maximum Gasteiger partial charge on any atom is 0.136 e. The molecule has 9 rings (SSSR count). The second-order valence-electron chi connectivity index (χ2n) is 10.0. The molecule has 0 saturated heterocycles. The maximum absolute atomic E-state index is 9.73. The van der Waals surface area contributed by atoms with Gasteiger partial charge in [0.2, 0.25) is 0 Å². The topological polar surface area (TPSA) is 13.1 Å². The minimum atomic E-state index is -1.05. The molecule has 0 radical (unpaired) electrons. The van der Waals surface area contributed by atoms with Crippen molar-refractivity contribution in [1.82, 2.24) is 0 Å². The Hall–Kier alpha value is -5.92. The fourth-order valence-corrected chi connectivity index (χ4v) is 5.39. The van der Waals surface area contributed by atoms with Crippen LogP contribution in [0.1, 0.15) is 42.6 Å². The smallest absolute Gasteiger partial charge is 0.136 e. The Morgan fingerprint density at radius 1 is 0.370 bits per heavy atom. The summed E-state index contributed by atoms with van der Waals surface area (Å²) in [4.78, 5) is 0. The molecule has 0 fully saturated rings. The number of benzene rings is 8. The van der Waals surface area contributed by atoms with Crippen LogP contribution in [0.15, 0.2) is 168 Å². The first-order chi connectivity index (χ1) is 34.0. The molecule has 0 unspecified atom stereocenters. The minimum absolute atomic E-state index is 0.0873. The minimum Gasteiger partial charge on any atom is -0.456 e. The standard InChI is InChI=1S/C45H30O/c1-29-12-11-15-31(26-29)32-22-24-35-36-25-23-33(28-43(36)46-42(35)27-32)44-38-18-7-9-20-40(38)45(41-21-10-8-19-39(41)44)37-17-6-5-16-34(37)30-13-3-2-4-14-30/h2-28H,1H3/i2D,3D,4D,5D,6D,7D,8D,9D,10D,11D,12D,13D,14D,15D,16D,17D,18D,19D,20D,21D,22D,23D,24D,25D,26D,27D,28D. The van der Waals surface area contributed by atoms with Crippen LogP contribution in [0, 0.1) is 6.92 Å². The van der Waals surface area contributed by atoms with Crippen LogP contribution in [0.4, 0.5) is 0 Å². The SMILES string of the molecule is [2H]c1c([2H])c([2H])c(-c2c([2H])c([2H])c([2H])c([2H])c2-c2c3c([2H])c([2H])c([2H])c([2H])c3c(-c3c([2H])c([2H])c4c(oc5c([2H])c(-c6c([2H])c([2H])c([2H])c(C)c6[2H])c([2H])c([2H])c54)c3[2H])c3c([2H])c([2H])c([2H])c([2H])c23)c([2H])c1[2H]. The molecule has 216 valence electrons. The lowest BCUT2D eigenvalue weighted by atomic mass is 9.84.